The van der Waals surface area contributed by atoms with Crippen molar-refractivity contribution in [2.45, 2.75) is 20.3 Å². The highest BCUT2D eigenvalue weighted by molar-refractivity contribution is 7.99. The minimum atomic E-state index is -0.906. The highest BCUT2D eigenvalue weighted by Gasteiger charge is 2.42. The van der Waals surface area contributed by atoms with Gasteiger partial charge in [0, 0.05) is 48.9 Å². The van der Waals surface area contributed by atoms with Gasteiger partial charge in [-0.15, -0.1) is 0 Å². The van der Waals surface area contributed by atoms with E-state index in [2.05, 4.69) is 5.32 Å². The first-order valence-corrected chi connectivity index (χ1v) is 10.2. The van der Waals surface area contributed by atoms with Crippen LogP contribution < -0.4 is 5.32 Å². The van der Waals surface area contributed by atoms with Crippen molar-refractivity contribution < 1.29 is 19.5 Å². The number of carboxylic acid groups (broad SMARTS) is 1. The van der Waals surface area contributed by atoms with Gasteiger partial charge in [-0.25, -0.2) is 4.79 Å². The second-order valence-electron chi connectivity index (χ2n) is 7.40. The Bertz CT molecular complexity index is 763. The van der Waals surface area contributed by atoms with Gasteiger partial charge in [0.05, 0.1) is 5.41 Å². The largest absolute Gasteiger partial charge is 0.481 e. The smallest absolute Gasteiger partial charge is 0.321 e. The van der Waals surface area contributed by atoms with Gasteiger partial charge in [-0.2, -0.15) is 11.8 Å². The molecule has 1 atom stereocenters. The summed E-state index contributed by atoms with van der Waals surface area (Å²) in [6.07, 6.45) is 0.431. The summed E-state index contributed by atoms with van der Waals surface area (Å²) in [6.45, 7) is 5.58. The fourth-order valence-corrected chi connectivity index (χ4v) is 4.25. The molecule has 27 heavy (non-hydrogen) atoms. The summed E-state index contributed by atoms with van der Waals surface area (Å²) in [6, 6.07) is 4.99. The molecule has 7 nitrogen and oxygen atoms in total. The number of thioether (sulfide) groups is 1. The molecule has 3 rings (SSSR count). The zero-order chi connectivity index (χ0) is 19.6. The number of anilines is 1. The number of benzene rings is 1. The topological polar surface area (TPSA) is 90.0 Å². The number of nitrogens with one attached hydrogen (secondary N) is 1. The maximum atomic E-state index is 12.7. The maximum Gasteiger partial charge on any atom is 0.321 e. The molecule has 0 aromatic heterocycles. The van der Waals surface area contributed by atoms with E-state index in [1.54, 1.807) is 19.1 Å². The van der Waals surface area contributed by atoms with E-state index in [1.165, 1.54) is 4.90 Å². The predicted octanol–water partition coefficient (Wildman–Crippen LogP) is 2.51. The van der Waals surface area contributed by atoms with Crippen LogP contribution in [-0.2, 0) is 4.79 Å². The first kappa shape index (κ1) is 19.5. The Kier molecular flexibility index (Phi) is 5.64. The molecule has 1 aromatic carbocycles. The number of carbonyl (C=O) groups is 3. The summed E-state index contributed by atoms with van der Waals surface area (Å²) < 4.78 is 0. The quantitative estimate of drug-likeness (QED) is 0.826. The zero-order valence-corrected chi connectivity index (χ0v) is 16.5. The van der Waals surface area contributed by atoms with Gasteiger partial charge in [0.15, 0.2) is 0 Å². The number of aryl methyl sites for hydroxylation is 1. The molecular formula is C19H25N3O4S. The maximum absolute atomic E-state index is 12.7. The van der Waals surface area contributed by atoms with Crippen LogP contribution in [0.4, 0.5) is 10.5 Å². The molecular weight excluding hydrogens is 366 g/mol. The average Bonchev–Trinajstić information content (AvgIpc) is 3.07. The van der Waals surface area contributed by atoms with Gasteiger partial charge in [0.25, 0.3) is 5.91 Å². The molecule has 3 amide bonds. The van der Waals surface area contributed by atoms with Crippen LogP contribution in [0.5, 0.6) is 0 Å². The van der Waals surface area contributed by atoms with Crippen LogP contribution in [0, 0.1) is 12.3 Å². The number of rotatable bonds is 3. The van der Waals surface area contributed by atoms with Crippen molar-refractivity contribution in [2.75, 3.05) is 43.0 Å². The van der Waals surface area contributed by atoms with Crippen molar-refractivity contribution in [3.63, 3.8) is 0 Å². The molecule has 2 N–H and O–H groups in total. The van der Waals surface area contributed by atoms with Crippen LogP contribution >= 0.6 is 11.8 Å². The van der Waals surface area contributed by atoms with Crippen molar-refractivity contribution >= 4 is 35.4 Å². The van der Waals surface area contributed by atoms with Crippen LogP contribution in [-0.4, -0.2) is 70.5 Å². The number of aliphatic carboxylic acids is 1. The van der Waals surface area contributed by atoms with Gasteiger partial charge in [0.2, 0.25) is 0 Å². The highest BCUT2D eigenvalue weighted by atomic mass is 32.2. The van der Waals surface area contributed by atoms with Gasteiger partial charge in [-0.1, -0.05) is 6.07 Å². The third-order valence-electron chi connectivity index (χ3n) is 5.30. The number of nitrogens with zero attached hydrogens (tertiary/aromatic N) is 2. The molecule has 8 heteroatoms. The minimum absolute atomic E-state index is 0.0228. The highest BCUT2D eigenvalue weighted by Crippen LogP contribution is 2.30. The van der Waals surface area contributed by atoms with Gasteiger partial charge < -0.3 is 20.2 Å². The number of carbonyl (C=O) groups excluding carboxylic acids is 2. The molecule has 1 unspecified atom stereocenters. The Balaban J connectivity index is 1.70. The molecule has 0 spiro atoms. The van der Waals surface area contributed by atoms with Crippen LogP contribution in [0.15, 0.2) is 18.2 Å². The Morgan fingerprint density at radius 3 is 2.48 bits per heavy atom. The molecule has 1 aromatic rings. The molecule has 2 aliphatic rings. The van der Waals surface area contributed by atoms with Gasteiger partial charge >= 0.3 is 12.0 Å². The second-order valence-corrected chi connectivity index (χ2v) is 8.63. The lowest BCUT2D eigenvalue weighted by molar-refractivity contribution is -0.146. The summed E-state index contributed by atoms with van der Waals surface area (Å²) in [5.41, 5.74) is 1.09. The van der Waals surface area contributed by atoms with E-state index < -0.39 is 11.4 Å². The fourth-order valence-electron chi connectivity index (χ4n) is 3.34. The number of amides is 3. The molecule has 2 saturated heterocycles. The molecule has 146 valence electrons. The summed E-state index contributed by atoms with van der Waals surface area (Å²) in [5.74, 6) is 0.975. The molecule has 0 bridgehead atoms. The summed E-state index contributed by atoms with van der Waals surface area (Å²) in [5, 5.41) is 12.2. The number of likely N-dealkylation sites (tertiary alicyclic amines) is 1. The van der Waals surface area contributed by atoms with Crippen molar-refractivity contribution in [1.82, 2.24) is 9.80 Å². The first-order valence-electron chi connectivity index (χ1n) is 9.07. The third-order valence-corrected chi connectivity index (χ3v) is 6.24. The molecule has 0 aliphatic carbocycles. The van der Waals surface area contributed by atoms with E-state index >= 15 is 0 Å². The summed E-state index contributed by atoms with van der Waals surface area (Å²) >= 11 is 1.84. The van der Waals surface area contributed by atoms with E-state index in [0.29, 0.717) is 24.2 Å². The van der Waals surface area contributed by atoms with E-state index in [-0.39, 0.29) is 18.5 Å². The third kappa shape index (κ3) is 4.21. The second kappa shape index (κ2) is 7.80. The predicted molar refractivity (Wildman–Crippen MR) is 105 cm³/mol. The standard InChI is InChI=1S/C19H25N3O4S/c1-13-3-4-14(16(23)21-7-9-27-10-8-21)11-15(13)20-18(26)22-6-5-19(2,12-22)17(24)25/h3-4,11H,5-10,12H2,1-2H3,(H,20,26)(H,24,25). The molecule has 0 saturated carbocycles. The number of urea groups is 1. The van der Waals surface area contributed by atoms with Crippen LogP contribution in [0.25, 0.3) is 0 Å². The minimum Gasteiger partial charge on any atom is -0.481 e. The Labute approximate surface area is 163 Å². The Hall–Kier alpha value is -2.22. The lowest BCUT2D eigenvalue weighted by atomic mass is 9.90. The monoisotopic (exact) mass is 391 g/mol. The average molecular weight is 391 g/mol. The number of hydrogen-bond donors (Lipinski definition) is 2. The van der Waals surface area contributed by atoms with Gasteiger partial charge in [0.1, 0.15) is 0 Å². The SMILES string of the molecule is Cc1ccc(C(=O)N2CCSCC2)cc1NC(=O)N1CCC(C)(C(=O)O)C1. The van der Waals surface area contributed by atoms with Crippen LogP contribution in [0.2, 0.25) is 0 Å². The Morgan fingerprint density at radius 1 is 1.15 bits per heavy atom. The van der Waals surface area contributed by atoms with Crippen molar-refractivity contribution in [2.24, 2.45) is 5.41 Å². The van der Waals surface area contributed by atoms with Gasteiger partial charge in [-0.05, 0) is 38.0 Å². The van der Waals surface area contributed by atoms with Gasteiger partial charge in [-0.3, -0.25) is 9.59 Å². The molecule has 2 fully saturated rings. The Morgan fingerprint density at radius 2 is 1.85 bits per heavy atom. The van der Waals surface area contributed by atoms with Crippen molar-refractivity contribution in [3.05, 3.63) is 29.3 Å². The molecule has 2 heterocycles. The summed E-state index contributed by atoms with van der Waals surface area (Å²) in [4.78, 5) is 40.0. The molecule has 2 aliphatic heterocycles. The van der Waals surface area contributed by atoms with Crippen LogP contribution in [0.1, 0.15) is 29.3 Å². The first-order chi connectivity index (χ1) is 12.8. The lowest BCUT2D eigenvalue weighted by Gasteiger charge is -2.27. The summed E-state index contributed by atoms with van der Waals surface area (Å²) in [7, 11) is 0. The zero-order valence-electron chi connectivity index (χ0n) is 15.7. The van der Waals surface area contributed by atoms with E-state index in [0.717, 1.165) is 30.2 Å². The van der Waals surface area contributed by atoms with Crippen molar-refractivity contribution in [1.29, 1.82) is 0 Å². The van der Waals surface area contributed by atoms with Crippen LogP contribution in [0.3, 0.4) is 0 Å². The van der Waals surface area contributed by atoms with Crippen molar-refractivity contribution in [3.8, 4) is 0 Å². The lowest BCUT2D eigenvalue weighted by Crippen LogP contribution is -2.38. The molecule has 0 radical (unpaired) electrons. The normalized spacial score (nSPS) is 22.6. The fraction of sp³-hybridized carbons (Fsp3) is 0.526. The van der Waals surface area contributed by atoms with E-state index in [9.17, 15) is 19.5 Å². The number of hydrogen-bond acceptors (Lipinski definition) is 4. The van der Waals surface area contributed by atoms with E-state index in [4.69, 9.17) is 0 Å². The van der Waals surface area contributed by atoms with E-state index in [1.807, 2.05) is 29.7 Å². The number of carboxylic acids is 1.